The first-order valence-electron chi connectivity index (χ1n) is 10.2. The summed E-state index contributed by atoms with van der Waals surface area (Å²) in [5, 5.41) is 3.55. The van der Waals surface area contributed by atoms with Gasteiger partial charge in [0.15, 0.2) is 0 Å². The second-order valence-corrected chi connectivity index (χ2v) is 8.22. The van der Waals surface area contributed by atoms with Gasteiger partial charge in [0.25, 0.3) is 17.7 Å². The molecule has 160 valence electrons. The molecule has 2 aromatic rings. The van der Waals surface area contributed by atoms with E-state index in [1.165, 1.54) is 0 Å². The molecule has 0 bridgehead atoms. The van der Waals surface area contributed by atoms with Crippen molar-refractivity contribution in [1.82, 2.24) is 15.1 Å². The van der Waals surface area contributed by atoms with Crippen molar-refractivity contribution in [2.45, 2.75) is 31.8 Å². The van der Waals surface area contributed by atoms with E-state index >= 15 is 0 Å². The minimum Gasteiger partial charge on any atom is -0.349 e. The Morgan fingerprint density at radius 3 is 2.06 bits per heavy atom. The molecule has 1 saturated heterocycles. The molecule has 0 aromatic heterocycles. The number of nitrogens with one attached hydrogen (secondary N) is 1. The molecule has 8 heteroatoms. The van der Waals surface area contributed by atoms with Crippen LogP contribution in [0.2, 0.25) is 5.02 Å². The van der Waals surface area contributed by atoms with Crippen LogP contribution in [0.3, 0.4) is 0 Å². The molecule has 2 aliphatic heterocycles. The lowest BCUT2D eigenvalue weighted by molar-refractivity contribution is -0.136. The van der Waals surface area contributed by atoms with Gasteiger partial charge in [-0.2, -0.15) is 0 Å². The zero-order chi connectivity index (χ0) is 22.1. The molecule has 1 atom stereocenters. The number of hydrogen-bond acceptors (Lipinski definition) is 4. The van der Waals surface area contributed by atoms with E-state index in [1.807, 2.05) is 0 Å². The van der Waals surface area contributed by atoms with E-state index < -0.39 is 17.9 Å². The van der Waals surface area contributed by atoms with E-state index in [0.717, 1.165) is 4.90 Å². The third-order valence-electron chi connectivity index (χ3n) is 5.82. The zero-order valence-corrected chi connectivity index (χ0v) is 17.8. The highest BCUT2D eigenvalue weighted by Crippen LogP contribution is 2.25. The summed E-state index contributed by atoms with van der Waals surface area (Å²) >= 11 is 5.86. The Morgan fingerprint density at radius 2 is 1.52 bits per heavy atom. The summed E-state index contributed by atoms with van der Waals surface area (Å²) in [6, 6.07) is 12.3. The van der Waals surface area contributed by atoms with E-state index in [9.17, 15) is 19.2 Å². The molecule has 31 heavy (non-hydrogen) atoms. The predicted octanol–water partition coefficient (Wildman–Crippen LogP) is 2.75. The Kier molecular flexibility index (Phi) is 5.78. The number of imide groups is 1. The van der Waals surface area contributed by atoms with Crippen molar-refractivity contribution in [1.29, 1.82) is 0 Å². The Balaban J connectivity index is 1.34. The predicted molar refractivity (Wildman–Crippen MR) is 115 cm³/mol. The number of carbonyl (C=O) groups is 4. The SMILES string of the molecule is CC(C(=O)N1CCC(NC(=O)c2ccc(Cl)cc2)CC1)N1C(=O)c2ccccc2C1=O. The fourth-order valence-corrected chi connectivity index (χ4v) is 4.17. The Hall–Kier alpha value is -3.19. The van der Waals surface area contributed by atoms with Gasteiger partial charge in [0.05, 0.1) is 11.1 Å². The molecule has 1 N–H and O–H groups in total. The Morgan fingerprint density at radius 1 is 0.968 bits per heavy atom. The van der Waals surface area contributed by atoms with Gasteiger partial charge in [0, 0.05) is 29.7 Å². The highest BCUT2D eigenvalue weighted by Gasteiger charge is 2.42. The average molecular weight is 440 g/mol. The summed E-state index contributed by atoms with van der Waals surface area (Å²) in [6.07, 6.45) is 1.19. The number of carbonyl (C=O) groups excluding carboxylic acids is 4. The van der Waals surface area contributed by atoms with Crippen LogP contribution in [0.4, 0.5) is 0 Å². The molecule has 0 spiro atoms. The van der Waals surface area contributed by atoms with Gasteiger partial charge >= 0.3 is 0 Å². The number of nitrogens with zero attached hydrogens (tertiary/aromatic N) is 2. The van der Waals surface area contributed by atoms with Gasteiger partial charge < -0.3 is 10.2 Å². The van der Waals surface area contributed by atoms with Gasteiger partial charge in [-0.25, -0.2) is 0 Å². The molecule has 7 nitrogen and oxygen atoms in total. The maximum atomic E-state index is 13.0. The van der Waals surface area contributed by atoms with Crippen LogP contribution < -0.4 is 5.32 Å². The molecular weight excluding hydrogens is 418 g/mol. The normalized spacial score (nSPS) is 17.5. The van der Waals surface area contributed by atoms with Gasteiger partial charge in [0.1, 0.15) is 6.04 Å². The van der Waals surface area contributed by atoms with Crippen LogP contribution in [0, 0.1) is 0 Å². The van der Waals surface area contributed by atoms with E-state index in [2.05, 4.69) is 5.32 Å². The topological polar surface area (TPSA) is 86.8 Å². The molecule has 2 heterocycles. The molecule has 4 amide bonds. The fraction of sp³-hybridized carbons (Fsp3) is 0.304. The first-order chi connectivity index (χ1) is 14.9. The number of amides is 4. The second-order valence-electron chi connectivity index (χ2n) is 7.78. The lowest BCUT2D eigenvalue weighted by Crippen LogP contribution is -2.53. The molecule has 1 unspecified atom stereocenters. The van der Waals surface area contributed by atoms with Gasteiger partial charge in [-0.1, -0.05) is 23.7 Å². The fourth-order valence-electron chi connectivity index (χ4n) is 4.05. The van der Waals surface area contributed by atoms with Crippen LogP contribution in [-0.2, 0) is 4.79 Å². The average Bonchev–Trinajstić information content (AvgIpc) is 3.04. The third kappa shape index (κ3) is 4.05. The molecule has 1 fully saturated rings. The Labute approximate surface area is 185 Å². The maximum Gasteiger partial charge on any atom is 0.262 e. The van der Waals surface area contributed by atoms with Crippen molar-refractivity contribution in [3.63, 3.8) is 0 Å². The van der Waals surface area contributed by atoms with Crippen LogP contribution in [0.25, 0.3) is 0 Å². The van der Waals surface area contributed by atoms with E-state index in [-0.39, 0.29) is 17.9 Å². The summed E-state index contributed by atoms with van der Waals surface area (Å²) in [6.45, 7) is 2.47. The van der Waals surface area contributed by atoms with Crippen molar-refractivity contribution in [2.24, 2.45) is 0 Å². The number of hydrogen-bond donors (Lipinski definition) is 1. The number of rotatable bonds is 4. The highest BCUT2D eigenvalue weighted by molar-refractivity contribution is 6.30. The molecule has 0 aliphatic carbocycles. The van der Waals surface area contributed by atoms with Crippen molar-refractivity contribution >= 4 is 35.2 Å². The largest absolute Gasteiger partial charge is 0.349 e. The third-order valence-corrected chi connectivity index (χ3v) is 6.07. The molecular formula is C23H22ClN3O4. The monoisotopic (exact) mass is 439 g/mol. The van der Waals surface area contributed by atoms with Gasteiger partial charge in [-0.3, -0.25) is 24.1 Å². The molecule has 2 aromatic carbocycles. The van der Waals surface area contributed by atoms with Gasteiger partial charge in [-0.05, 0) is 56.2 Å². The van der Waals surface area contributed by atoms with Crippen LogP contribution >= 0.6 is 11.6 Å². The van der Waals surface area contributed by atoms with Crippen LogP contribution in [0.15, 0.2) is 48.5 Å². The summed E-state index contributed by atoms with van der Waals surface area (Å²) in [7, 11) is 0. The van der Waals surface area contributed by atoms with E-state index in [0.29, 0.717) is 47.6 Å². The standard InChI is InChI=1S/C23H22ClN3O4/c1-14(27-22(30)18-4-2-3-5-19(18)23(27)31)21(29)26-12-10-17(11-13-26)25-20(28)15-6-8-16(24)9-7-15/h2-9,14,17H,10-13H2,1H3,(H,25,28). The number of benzene rings is 2. The zero-order valence-electron chi connectivity index (χ0n) is 17.0. The quantitative estimate of drug-likeness (QED) is 0.742. The number of likely N-dealkylation sites (tertiary alicyclic amines) is 1. The van der Waals surface area contributed by atoms with Gasteiger partial charge in [-0.15, -0.1) is 0 Å². The Bertz CT molecular complexity index is 1010. The van der Waals surface area contributed by atoms with Crippen molar-refractivity contribution in [2.75, 3.05) is 13.1 Å². The minimum absolute atomic E-state index is 0.0539. The maximum absolute atomic E-state index is 13.0. The first-order valence-corrected chi connectivity index (χ1v) is 10.6. The summed E-state index contributed by atoms with van der Waals surface area (Å²) in [5.41, 5.74) is 1.19. The minimum atomic E-state index is -0.882. The van der Waals surface area contributed by atoms with Crippen LogP contribution in [0.5, 0.6) is 0 Å². The lowest BCUT2D eigenvalue weighted by Gasteiger charge is -2.35. The second kappa shape index (κ2) is 8.51. The first kappa shape index (κ1) is 21.1. The highest BCUT2D eigenvalue weighted by atomic mass is 35.5. The van der Waals surface area contributed by atoms with E-state index in [4.69, 9.17) is 11.6 Å². The summed E-state index contributed by atoms with van der Waals surface area (Å²) in [4.78, 5) is 53.4. The lowest BCUT2D eigenvalue weighted by atomic mass is 10.0. The van der Waals surface area contributed by atoms with Crippen molar-refractivity contribution in [3.05, 3.63) is 70.2 Å². The van der Waals surface area contributed by atoms with Crippen LogP contribution in [0.1, 0.15) is 50.8 Å². The number of halogens is 1. The van der Waals surface area contributed by atoms with Crippen molar-refractivity contribution in [3.8, 4) is 0 Å². The molecule has 0 radical (unpaired) electrons. The van der Waals surface area contributed by atoms with Crippen molar-refractivity contribution < 1.29 is 19.2 Å². The number of piperidine rings is 1. The van der Waals surface area contributed by atoms with Crippen LogP contribution in [-0.4, -0.2) is 58.6 Å². The number of fused-ring (bicyclic) bond motifs is 1. The van der Waals surface area contributed by atoms with Gasteiger partial charge in [0.2, 0.25) is 5.91 Å². The van der Waals surface area contributed by atoms with E-state index in [1.54, 1.807) is 60.4 Å². The molecule has 2 aliphatic rings. The summed E-state index contributed by atoms with van der Waals surface area (Å²) < 4.78 is 0. The smallest absolute Gasteiger partial charge is 0.262 e. The summed E-state index contributed by atoms with van der Waals surface area (Å²) in [5.74, 6) is -1.32. The molecule has 4 rings (SSSR count). The molecule has 0 saturated carbocycles.